The molecule has 1 atom stereocenters. The number of alkyl carbamates (subject to hydrolysis) is 1. The van der Waals surface area contributed by atoms with Crippen molar-refractivity contribution in [3.8, 4) is 5.75 Å². The summed E-state index contributed by atoms with van der Waals surface area (Å²) in [6.45, 7) is 5.23. The second kappa shape index (κ2) is 6.17. The number of hydrogen-bond donors (Lipinski definition) is 1. The summed E-state index contributed by atoms with van der Waals surface area (Å²) in [5.74, 6) is 0.575. The van der Waals surface area contributed by atoms with Gasteiger partial charge in [0.15, 0.2) is 0 Å². The first-order valence-electron chi connectivity index (χ1n) is 5.80. The van der Waals surface area contributed by atoms with E-state index in [1.807, 2.05) is 0 Å². The van der Waals surface area contributed by atoms with Crippen LogP contribution in [0.25, 0.3) is 0 Å². The fraction of sp³-hybridized carbons (Fsp3) is 0.462. The lowest BCUT2D eigenvalue weighted by Crippen LogP contribution is -2.35. The van der Waals surface area contributed by atoms with E-state index in [2.05, 4.69) is 10.3 Å². The number of hydrogen-bond acceptors (Lipinski definition) is 5. The first-order valence-corrected chi connectivity index (χ1v) is 5.80. The number of aromatic nitrogens is 1. The minimum atomic E-state index is -0.847. The van der Waals surface area contributed by atoms with E-state index in [0.29, 0.717) is 17.7 Å². The molecule has 19 heavy (non-hydrogen) atoms. The molecule has 1 amide bonds. The summed E-state index contributed by atoms with van der Waals surface area (Å²) >= 11 is 0. The fourth-order valence-corrected chi connectivity index (χ4v) is 1.31. The molecule has 0 aromatic carbocycles. The molecule has 1 aromatic heterocycles. The predicted molar refractivity (Wildman–Crippen MR) is 69.0 cm³/mol. The summed E-state index contributed by atoms with van der Waals surface area (Å²) in [5.41, 5.74) is -0.202. The number of carbonyl (C=O) groups excluding carboxylic acids is 2. The lowest BCUT2D eigenvalue weighted by atomic mass is 10.2. The highest BCUT2D eigenvalue weighted by Gasteiger charge is 2.20. The second-order valence-corrected chi connectivity index (χ2v) is 4.88. The van der Waals surface area contributed by atoms with Gasteiger partial charge in [-0.2, -0.15) is 0 Å². The zero-order valence-electron chi connectivity index (χ0n) is 11.5. The molecular weight excluding hydrogens is 248 g/mol. The molecule has 1 unspecified atom stereocenters. The first-order chi connectivity index (χ1) is 8.85. The third-order valence-corrected chi connectivity index (χ3v) is 2.12. The van der Waals surface area contributed by atoms with Gasteiger partial charge in [-0.1, -0.05) is 0 Å². The van der Waals surface area contributed by atoms with E-state index in [9.17, 15) is 9.59 Å². The number of rotatable bonds is 4. The number of methoxy groups -OCH3 is 1. The zero-order valence-corrected chi connectivity index (χ0v) is 11.5. The van der Waals surface area contributed by atoms with Gasteiger partial charge in [-0.05, 0) is 32.9 Å². The molecule has 6 heteroatoms. The molecule has 1 heterocycles. The Labute approximate surface area is 112 Å². The number of carbonyl (C=O) groups is 2. The summed E-state index contributed by atoms with van der Waals surface area (Å²) in [6, 6.07) is 2.42. The molecular formula is C13H18N2O4. The standard InChI is InChI=1S/C13H18N2O4/c1-13(2,3)19-12(17)15-11(8-16)10-6-5-9(18-4)7-14-10/h5-8,11H,1-4H3,(H,15,17). The van der Waals surface area contributed by atoms with Crippen molar-refractivity contribution in [3.63, 3.8) is 0 Å². The van der Waals surface area contributed by atoms with Gasteiger partial charge in [0.05, 0.1) is 19.0 Å². The van der Waals surface area contributed by atoms with E-state index < -0.39 is 17.7 Å². The highest BCUT2D eigenvalue weighted by Crippen LogP contribution is 2.14. The summed E-state index contributed by atoms with van der Waals surface area (Å²) < 4.78 is 10.0. The van der Waals surface area contributed by atoms with Crippen LogP contribution in [0.3, 0.4) is 0 Å². The zero-order chi connectivity index (χ0) is 14.5. The Morgan fingerprint density at radius 3 is 2.53 bits per heavy atom. The molecule has 0 aliphatic rings. The van der Waals surface area contributed by atoms with Crippen LogP contribution < -0.4 is 10.1 Å². The van der Waals surface area contributed by atoms with Crippen molar-refractivity contribution < 1.29 is 19.1 Å². The van der Waals surface area contributed by atoms with Crippen molar-refractivity contribution in [1.82, 2.24) is 10.3 Å². The van der Waals surface area contributed by atoms with Gasteiger partial charge in [0.2, 0.25) is 0 Å². The lowest BCUT2D eigenvalue weighted by molar-refractivity contribution is -0.109. The van der Waals surface area contributed by atoms with Crippen LogP contribution in [-0.4, -0.2) is 30.1 Å². The number of amides is 1. The highest BCUT2D eigenvalue weighted by molar-refractivity contribution is 5.74. The molecule has 0 saturated carbocycles. The third kappa shape index (κ3) is 4.95. The van der Waals surface area contributed by atoms with E-state index >= 15 is 0 Å². The van der Waals surface area contributed by atoms with Crippen LogP contribution in [0.4, 0.5) is 4.79 Å². The summed E-state index contributed by atoms with van der Waals surface area (Å²) in [5, 5.41) is 2.44. The van der Waals surface area contributed by atoms with Crippen LogP contribution in [0.1, 0.15) is 32.5 Å². The largest absolute Gasteiger partial charge is 0.495 e. The van der Waals surface area contributed by atoms with Crippen LogP contribution in [0.5, 0.6) is 5.75 Å². The molecule has 0 spiro atoms. The SMILES string of the molecule is COc1ccc(C(C=O)NC(=O)OC(C)(C)C)nc1. The molecule has 0 aliphatic heterocycles. The van der Waals surface area contributed by atoms with Crippen molar-refractivity contribution >= 4 is 12.4 Å². The Hall–Kier alpha value is -2.11. The maximum Gasteiger partial charge on any atom is 0.408 e. The summed E-state index contributed by atoms with van der Waals surface area (Å²) in [4.78, 5) is 26.6. The molecule has 0 fully saturated rings. The number of aldehydes is 1. The van der Waals surface area contributed by atoms with E-state index in [4.69, 9.17) is 9.47 Å². The molecule has 1 aromatic rings. The Morgan fingerprint density at radius 1 is 1.42 bits per heavy atom. The predicted octanol–water partition coefficient (Wildman–Crippen LogP) is 1.85. The van der Waals surface area contributed by atoms with E-state index in [-0.39, 0.29) is 0 Å². The monoisotopic (exact) mass is 266 g/mol. The second-order valence-electron chi connectivity index (χ2n) is 4.88. The average Bonchev–Trinajstić information content (AvgIpc) is 2.34. The van der Waals surface area contributed by atoms with Crippen molar-refractivity contribution in [3.05, 3.63) is 24.0 Å². The summed E-state index contributed by atoms with van der Waals surface area (Å²) in [7, 11) is 1.52. The third-order valence-electron chi connectivity index (χ3n) is 2.12. The van der Waals surface area contributed by atoms with Gasteiger partial charge >= 0.3 is 6.09 Å². The van der Waals surface area contributed by atoms with Crippen LogP contribution >= 0.6 is 0 Å². The van der Waals surface area contributed by atoms with Gasteiger partial charge in [-0.15, -0.1) is 0 Å². The van der Waals surface area contributed by atoms with Crippen molar-refractivity contribution in [2.45, 2.75) is 32.4 Å². The number of nitrogens with one attached hydrogen (secondary N) is 1. The van der Waals surface area contributed by atoms with Gasteiger partial charge in [0, 0.05) is 0 Å². The molecule has 0 bridgehead atoms. The smallest absolute Gasteiger partial charge is 0.408 e. The normalized spacial score (nSPS) is 12.4. The average molecular weight is 266 g/mol. The lowest BCUT2D eigenvalue weighted by Gasteiger charge is -2.21. The molecule has 1 N–H and O–H groups in total. The first kappa shape index (κ1) is 14.9. The maximum atomic E-state index is 11.6. The van der Waals surface area contributed by atoms with Gasteiger partial charge in [-0.25, -0.2) is 4.79 Å². The number of pyridine rings is 1. The Kier molecular flexibility index (Phi) is 4.86. The van der Waals surface area contributed by atoms with Crippen molar-refractivity contribution in [2.75, 3.05) is 7.11 Å². The molecule has 0 radical (unpaired) electrons. The summed E-state index contributed by atoms with van der Waals surface area (Å²) in [6.07, 6.45) is 1.41. The maximum absolute atomic E-state index is 11.6. The van der Waals surface area contributed by atoms with E-state index in [1.165, 1.54) is 13.3 Å². The quantitative estimate of drug-likeness (QED) is 0.841. The highest BCUT2D eigenvalue weighted by atomic mass is 16.6. The fourth-order valence-electron chi connectivity index (χ4n) is 1.31. The molecule has 6 nitrogen and oxygen atoms in total. The van der Waals surface area contributed by atoms with Crippen LogP contribution in [0.15, 0.2) is 18.3 Å². The van der Waals surface area contributed by atoms with Crippen LogP contribution in [0.2, 0.25) is 0 Å². The van der Waals surface area contributed by atoms with Crippen molar-refractivity contribution in [2.24, 2.45) is 0 Å². The number of ether oxygens (including phenoxy) is 2. The van der Waals surface area contributed by atoms with Gasteiger partial charge in [-0.3, -0.25) is 4.98 Å². The minimum Gasteiger partial charge on any atom is -0.495 e. The Morgan fingerprint density at radius 2 is 2.11 bits per heavy atom. The van der Waals surface area contributed by atoms with Crippen molar-refractivity contribution in [1.29, 1.82) is 0 Å². The van der Waals surface area contributed by atoms with Crippen LogP contribution in [0, 0.1) is 0 Å². The van der Waals surface area contributed by atoms with Gasteiger partial charge in [0.25, 0.3) is 0 Å². The molecule has 0 saturated heterocycles. The van der Waals surface area contributed by atoms with E-state index in [0.717, 1.165) is 0 Å². The number of nitrogens with zero attached hydrogens (tertiary/aromatic N) is 1. The Balaban J connectivity index is 2.72. The minimum absolute atomic E-state index is 0.418. The van der Waals surface area contributed by atoms with Crippen LogP contribution in [-0.2, 0) is 9.53 Å². The molecule has 1 rings (SSSR count). The molecule has 0 aliphatic carbocycles. The van der Waals surface area contributed by atoms with Gasteiger partial charge in [0.1, 0.15) is 23.7 Å². The molecule has 104 valence electrons. The van der Waals surface area contributed by atoms with Gasteiger partial charge < -0.3 is 19.6 Å². The topological polar surface area (TPSA) is 77.5 Å². The Bertz CT molecular complexity index is 437. The van der Waals surface area contributed by atoms with E-state index in [1.54, 1.807) is 32.9 Å².